The molecule has 2 heterocycles. The summed E-state index contributed by atoms with van der Waals surface area (Å²) in [5, 5.41) is 0.578. The van der Waals surface area contributed by atoms with Crippen molar-refractivity contribution in [2.75, 3.05) is 6.61 Å². The van der Waals surface area contributed by atoms with Gasteiger partial charge in [-0.05, 0) is 43.0 Å². The van der Waals surface area contributed by atoms with Gasteiger partial charge < -0.3 is 14.3 Å². The summed E-state index contributed by atoms with van der Waals surface area (Å²) in [6.45, 7) is 4.12. The molecule has 2 aliphatic heterocycles. The topological polar surface area (TPSA) is 85.4 Å². The number of amides is 3. The minimum Gasteiger partial charge on any atom is -0.465 e. The molecule has 0 unspecified atom stereocenters. The molecular formula is C25H28N2O6. The van der Waals surface area contributed by atoms with Gasteiger partial charge in [-0.15, -0.1) is 0 Å². The molecular weight excluding hydrogens is 424 g/mol. The first-order chi connectivity index (χ1) is 15.9. The maximum absolute atomic E-state index is 13.4. The number of ether oxygens (including phenoxy) is 2. The van der Waals surface area contributed by atoms with Crippen molar-refractivity contribution in [2.45, 2.75) is 57.9 Å². The molecule has 0 spiro atoms. The lowest BCUT2D eigenvalue weighted by molar-refractivity contribution is -0.184. The van der Waals surface area contributed by atoms with Crippen LogP contribution in [-0.2, 0) is 31.2 Å². The fraction of sp³-hybridized carbons (Fsp3) is 0.400. The van der Waals surface area contributed by atoms with Gasteiger partial charge in [0.2, 0.25) is 0 Å². The van der Waals surface area contributed by atoms with E-state index in [-0.39, 0.29) is 19.3 Å². The van der Waals surface area contributed by atoms with Crippen LogP contribution in [0.2, 0.25) is 0 Å². The predicted molar refractivity (Wildman–Crippen MR) is 119 cm³/mol. The van der Waals surface area contributed by atoms with Gasteiger partial charge in [-0.25, -0.2) is 9.59 Å². The average molecular weight is 453 g/mol. The SMILES string of the molecule is CCC(=O)ON1C(=O)N(Cc2ccccc2)[C@@](C)(c2ccc(O[C@@H]3CCCCO3)cc2)C1=O. The minimum atomic E-state index is -1.36. The van der Waals surface area contributed by atoms with Crippen molar-refractivity contribution in [3.8, 4) is 5.75 Å². The van der Waals surface area contributed by atoms with E-state index in [1.54, 1.807) is 38.1 Å². The van der Waals surface area contributed by atoms with Crippen molar-refractivity contribution in [3.05, 3.63) is 65.7 Å². The van der Waals surface area contributed by atoms with E-state index in [0.717, 1.165) is 24.8 Å². The molecule has 2 saturated heterocycles. The van der Waals surface area contributed by atoms with Gasteiger partial charge in [0.1, 0.15) is 11.3 Å². The Labute approximate surface area is 193 Å². The highest BCUT2D eigenvalue weighted by Crippen LogP contribution is 2.39. The second kappa shape index (κ2) is 9.62. The number of hydroxylamine groups is 2. The number of benzene rings is 2. The van der Waals surface area contributed by atoms with Gasteiger partial charge in [0.25, 0.3) is 5.91 Å². The van der Waals surface area contributed by atoms with Gasteiger partial charge >= 0.3 is 12.0 Å². The van der Waals surface area contributed by atoms with Crippen molar-refractivity contribution in [3.63, 3.8) is 0 Å². The lowest BCUT2D eigenvalue weighted by Crippen LogP contribution is -2.44. The maximum atomic E-state index is 13.4. The number of nitrogens with zero attached hydrogens (tertiary/aromatic N) is 2. The van der Waals surface area contributed by atoms with Crippen molar-refractivity contribution in [1.29, 1.82) is 0 Å². The van der Waals surface area contributed by atoms with E-state index in [9.17, 15) is 14.4 Å². The highest BCUT2D eigenvalue weighted by molar-refractivity contribution is 6.06. The smallest absolute Gasteiger partial charge is 0.362 e. The summed E-state index contributed by atoms with van der Waals surface area (Å²) in [4.78, 5) is 45.1. The Bertz CT molecular complexity index is 1000. The number of hydrogen-bond acceptors (Lipinski definition) is 6. The van der Waals surface area contributed by atoms with Crippen LogP contribution < -0.4 is 4.74 Å². The first-order valence-corrected chi connectivity index (χ1v) is 11.2. The third-order valence-electron chi connectivity index (χ3n) is 6.03. The first kappa shape index (κ1) is 22.8. The Morgan fingerprint density at radius 2 is 1.82 bits per heavy atom. The van der Waals surface area contributed by atoms with Crippen LogP contribution in [0.1, 0.15) is 50.7 Å². The summed E-state index contributed by atoms with van der Waals surface area (Å²) in [6, 6.07) is 15.7. The Morgan fingerprint density at radius 3 is 2.45 bits per heavy atom. The van der Waals surface area contributed by atoms with Gasteiger partial charge in [0.05, 0.1) is 6.61 Å². The molecule has 4 rings (SSSR count). The average Bonchev–Trinajstić information content (AvgIpc) is 3.02. The summed E-state index contributed by atoms with van der Waals surface area (Å²) in [6.07, 6.45) is 2.67. The Kier molecular flexibility index (Phi) is 6.65. The zero-order valence-electron chi connectivity index (χ0n) is 18.9. The van der Waals surface area contributed by atoms with Crippen molar-refractivity contribution in [1.82, 2.24) is 9.96 Å². The molecule has 0 aliphatic carbocycles. The number of imide groups is 1. The first-order valence-electron chi connectivity index (χ1n) is 11.2. The zero-order valence-corrected chi connectivity index (χ0v) is 18.9. The van der Waals surface area contributed by atoms with Crippen molar-refractivity contribution < 1.29 is 28.7 Å². The van der Waals surface area contributed by atoms with Gasteiger partial charge in [0, 0.05) is 19.4 Å². The summed E-state index contributed by atoms with van der Waals surface area (Å²) < 4.78 is 11.5. The lowest BCUT2D eigenvalue weighted by Gasteiger charge is -2.32. The number of rotatable bonds is 7. The van der Waals surface area contributed by atoms with Crippen molar-refractivity contribution in [2.24, 2.45) is 0 Å². The summed E-state index contributed by atoms with van der Waals surface area (Å²) in [5.41, 5.74) is 0.0764. The van der Waals surface area contributed by atoms with Gasteiger partial charge in [-0.2, -0.15) is 0 Å². The van der Waals surface area contributed by atoms with E-state index in [1.165, 1.54) is 4.90 Å². The fourth-order valence-electron chi connectivity index (χ4n) is 4.03. The van der Waals surface area contributed by atoms with E-state index >= 15 is 0 Å². The van der Waals surface area contributed by atoms with E-state index in [1.807, 2.05) is 30.3 Å². The fourth-order valence-corrected chi connectivity index (χ4v) is 4.03. The van der Waals surface area contributed by atoms with Crippen LogP contribution in [0.3, 0.4) is 0 Å². The molecule has 0 radical (unpaired) electrons. The monoisotopic (exact) mass is 452 g/mol. The second-order valence-corrected chi connectivity index (χ2v) is 8.28. The molecule has 8 heteroatoms. The summed E-state index contributed by atoms with van der Waals surface area (Å²) in [5.74, 6) is -0.652. The molecule has 0 N–H and O–H groups in total. The Morgan fingerprint density at radius 1 is 1.09 bits per heavy atom. The quantitative estimate of drug-likeness (QED) is 0.587. The van der Waals surface area contributed by atoms with Gasteiger partial charge in [0.15, 0.2) is 6.29 Å². The second-order valence-electron chi connectivity index (χ2n) is 8.28. The van der Waals surface area contributed by atoms with E-state index < -0.39 is 23.4 Å². The lowest BCUT2D eigenvalue weighted by atomic mass is 9.90. The molecule has 2 aliphatic rings. The highest BCUT2D eigenvalue weighted by Gasteiger charge is 2.57. The molecule has 2 fully saturated rings. The third kappa shape index (κ3) is 4.57. The van der Waals surface area contributed by atoms with E-state index in [4.69, 9.17) is 14.3 Å². The molecule has 0 saturated carbocycles. The van der Waals surface area contributed by atoms with Crippen LogP contribution in [0.15, 0.2) is 54.6 Å². The van der Waals surface area contributed by atoms with Gasteiger partial charge in [-0.1, -0.05) is 54.5 Å². The molecule has 2 aromatic rings. The number of hydrogen-bond donors (Lipinski definition) is 0. The number of urea groups is 1. The summed E-state index contributed by atoms with van der Waals surface area (Å²) in [7, 11) is 0. The van der Waals surface area contributed by atoms with Crippen LogP contribution >= 0.6 is 0 Å². The summed E-state index contributed by atoms with van der Waals surface area (Å²) >= 11 is 0. The minimum absolute atomic E-state index is 0.0434. The Hall–Kier alpha value is -3.39. The van der Waals surface area contributed by atoms with Crippen LogP contribution in [0.5, 0.6) is 5.75 Å². The molecule has 8 nitrogen and oxygen atoms in total. The van der Waals surface area contributed by atoms with Crippen molar-refractivity contribution >= 4 is 17.9 Å². The standard InChI is InChI=1S/C25H28N2O6/c1-3-21(28)33-27-23(29)25(2,26(24(27)30)17-18-9-5-4-6-10-18)19-12-14-20(15-13-19)32-22-11-7-8-16-31-22/h4-6,9-10,12-15,22H,3,7-8,11,16-17H2,1-2H3/t22-,25+/m1/s1. The Balaban J connectivity index is 1.63. The molecule has 0 bridgehead atoms. The van der Waals surface area contributed by atoms with Crippen LogP contribution in [0.4, 0.5) is 4.79 Å². The zero-order chi connectivity index (χ0) is 23.4. The molecule has 174 valence electrons. The number of carbonyl (C=O) groups excluding carboxylic acids is 3. The third-order valence-corrected chi connectivity index (χ3v) is 6.03. The van der Waals surface area contributed by atoms with Crippen LogP contribution in [-0.4, -0.2) is 40.8 Å². The predicted octanol–water partition coefficient (Wildman–Crippen LogP) is 4.14. The molecule has 2 atom stereocenters. The molecule has 3 amide bonds. The largest absolute Gasteiger partial charge is 0.465 e. The van der Waals surface area contributed by atoms with Crippen LogP contribution in [0.25, 0.3) is 0 Å². The van der Waals surface area contributed by atoms with Crippen LogP contribution in [0, 0.1) is 0 Å². The maximum Gasteiger partial charge on any atom is 0.362 e. The van der Waals surface area contributed by atoms with E-state index in [0.29, 0.717) is 23.0 Å². The van der Waals surface area contributed by atoms with E-state index in [2.05, 4.69) is 0 Å². The normalized spacial score (nSPS) is 23.0. The number of carbonyl (C=O) groups is 3. The molecule has 2 aromatic carbocycles. The van der Waals surface area contributed by atoms with Gasteiger partial charge in [-0.3, -0.25) is 9.69 Å². The molecule has 0 aromatic heterocycles. The highest BCUT2D eigenvalue weighted by atomic mass is 16.7. The molecule has 33 heavy (non-hydrogen) atoms.